The highest BCUT2D eigenvalue weighted by Crippen LogP contribution is 2.29. The average Bonchev–Trinajstić information content (AvgIpc) is 2.41. The SMILES string of the molecule is Cc1cc(=O)[nH]c(Cc2cccc(Cl)c2NS(=O)(=O)C(F)F)n1. The monoisotopic (exact) mass is 363 g/mol. The molecule has 0 saturated heterocycles. The minimum Gasteiger partial charge on any atom is -0.310 e. The lowest BCUT2D eigenvalue weighted by atomic mass is 10.1. The van der Waals surface area contributed by atoms with Crippen LogP contribution in [0, 0.1) is 6.92 Å². The van der Waals surface area contributed by atoms with Crippen molar-refractivity contribution in [3.63, 3.8) is 0 Å². The van der Waals surface area contributed by atoms with Gasteiger partial charge >= 0.3 is 5.76 Å². The number of hydrogen-bond donors (Lipinski definition) is 2. The zero-order valence-electron chi connectivity index (χ0n) is 11.8. The van der Waals surface area contributed by atoms with E-state index in [2.05, 4.69) is 9.97 Å². The highest BCUT2D eigenvalue weighted by molar-refractivity contribution is 7.93. The molecule has 0 radical (unpaired) electrons. The maximum absolute atomic E-state index is 12.5. The van der Waals surface area contributed by atoms with Crippen molar-refractivity contribution in [1.29, 1.82) is 0 Å². The van der Waals surface area contributed by atoms with E-state index in [1.165, 1.54) is 24.3 Å². The first-order chi connectivity index (χ1) is 10.7. The van der Waals surface area contributed by atoms with E-state index in [-0.39, 0.29) is 28.5 Å². The molecule has 0 amide bonds. The van der Waals surface area contributed by atoms with E-state index in [9.17, 15) is 22.0 Å². The van der Waals surface area contributed by atoms with Gasteiger partial charge in [-0.05, 0) is 18.6 Å². The predicted molar refractivity (Wildman–Crippen MR) is 82.4 cm³/mol. The van der Waals surface area contributed by atoms with Crippen LogP contribution in [-0.2, 0) is 16.4 Å². The van der Waals surface area contributed by atoms with Crippen LogP contribution >= 0.6 is 11.6 Å². The number of aromatic nitrogens is 2. The summed E-state index contributed by atoms with van der Waals surface area (Å²) in [6, 6.07) is 5.69. The Hall–Kier alpha value is -2.00. The number of anilines is 1. The van der Waals surface area contributed by atoms with E-state index in [4.69, 9.17) is 11.6 Å². The van der Waals surface area contributed by atoms with Crippen LogP contribution in [0.2, 0.25) is 5.02 Å². The van der Waals surface area contributed by atoms with Crippen LogP contribution in [0.1, 0.15) is 17.1 Å². The van der Waals surface area contributed by atoms with Crippen LogP contribution in [0.4, 0.5) is 14.5 Å². The Morgan fingerprint density at radius 3 is 2.70 bits per heavy atom. The van der Waals surface area contributed by atoms with Gasteiger partial charge in [0.05, 0.1) is 10.7 Å². The summed E-state index contributed by atoms with van der Waals surface area (Å²) in [6.45, 7) is 1.62. The van der Waals surface area contributed by atoms with Gasteiger partial charge in [0.1, 0.15) is 5.82 Å². The second-order valence-electron chi connectivity index (χ2n) is 4.69. The summed E-state index contributed by atoms with van der Waals surface area (Å²) in [5, 5.41) is -0.0401. The summed E-state index contributed by atoms with van der Waals surface area (Å²) in [5.41, 5.74) is 0.235. The summed E-state index contributed by atoms with van der Waals surface area (Å²) < 4.78 is 49.6. The molecule has 0 atom stereocenters. The van der Waals surface area contributed by atoms with Crippen molar-refractivity contribution in [2.45, 2.75) is 19.1 Å². The Balaban J connectivity index is 2.44. The third kappa shape index (κ3) is 4.26. The third-order valence-electron chi connectivity index (χ3n) is 2.86. The largest absolute Gasteiger partial charge is 0.355 e. The highest BCUT2D eigenvalue weighted by Gasteiger charge is 2.26. The van der Waals surface area contributed by atoms with E-state index in [0.29, 0.717) is 11.3 Å². The van der Waals surface area contributed by atoms with Gasteiger partial charge in [-0.1, -0.05) is 23.7 Å². The maximum atomic E-state index is 12.5. The normalized spacial score (nSPS) is 11.7. The molecule has 0 aliphatic carbocycles. The van der Waals surface area contributed by atoms with Gasteiger partial charge in [0.25, 0.3) is 15.6 Å². The van der Waals surface area contributed by atoms with Crippen molar-refractivity contribution in [2.75, 3.05) is 4.72 Å². The highest BCUT2D eigenvalue weighted by atomic mass is 35.5. The molecule has 2 N–H and O–H groups in total. The molecule has 124 valence electrons. The molecule has 1 aromatic carbocycles. The van der Waals surface area contributed by atoms with Crippen LogP contribution in [0.25, 0.3) is 0 Å². The van der Waals surface area contributed by atoms with E-state index >= 15 is 0 Å². The lowest BCUT2D eigenvalue weighted by molar-refractivity contribution is 0.236. The number of aromatic amines is 1. The van der Waals surface area contributed by atoms with E-state index in [0.717, 1.165) is 0 Å². The number of rotatable bonds is 5. The molecule has 1 aromatic heterocycles. The Morgan fingerprint density at radius 1 is 1.39 bits per heavy atom. The summed E-state index contributed by atoms with van der Waals surface area (Å²) in [4.78, 5) is 18.0. The molecule has 0 saturated carbocycles. The van der Waals surface area contributed by atoms with Gasteiger partial charge in [0, 0.05) is 18.2 Å². The molecule has 2 aromatic rings. The molecule has 23 heavy (non-hydrogen) atoms. The topological polar surface area (TPSA) is 91.9 Å². The van der Waals surface area contributed by atoms with Crippen LogP contribution < -0.4 is 10.3 Å². The maximum Gasteiger partial charge on any atom is 0.355 e. The van der Waals surface area contributed by atoms with Crippen molar-refractivity contribution in [1.82, 2.24) is 9.97 Å². The van der Waals surface area contributed by atoms with Gasteiger partial charge in [-0.15, -0.1) is 0 Å². The van der Waals surface area contributed by atoms with Crippen molar-refractivity contribution >= 4 is 27.3 Å². The van der Waals surface area contributed by atoms with E-state index in [1.807, 2.05) is 0 Å². The van der Waals surface area contributed by atoms with Gasteiger partial charge in [-0.3, -0.25) is 9.52 Å². The zero-order valence-corrected chi connectivity index (χ0v) is 13.4. The number of halogens is 3. The minimum atomic E-state index is -4.86. The fraction of sp³-hybridized carbons (Fsp3) is 0.231. The van der Waals surface area contributed by atoms with Crippen LogP contribution in [0.3, 0.4) is 0 Å². The second-order valence-corrected chi connectivity index (χ2v) is 6.75. The van der Waals surface area contributed by atoms with Gasteiger partial charge < -0.3 is 4.98 Å². The number of nitrogens with one attached hydrogen (secondary N) is 2. The number of aryl methyl sites for hydroxylation is 1. The van der Waals surface area contributed by atoms with Gasteiger partial charge in [-0.2, -0.15) is 8.78 Å². The van der Waals surface area contributed by atoms with Crippen LogP contribution in [0.5, 0.6) is 0 Å². The lowest BCUT2D eigenvalue weighted by Crippen LogP contribution is -2.22. The lowest BCUT2D eigenvalue weighted by Gasteiger charge is -2.13. The van der Waals surface area contributed by atoms with Crippen molar-refractivity contribution in [2.24, 2.45) is 0 Å². The quantitative estimate of drug-likeness (QED) is 0.852. The molecular weight excluding hydrogens is 352 g/mol. The molecule has 0 unspecified atom stereocenters. The molecule has 1 heterocycles. The van der Waals surface area contributed by atoms with Crippen molar-refractivity contribution < 1.29 is 17.2 Å². The number of sulfonamides is 1. The predicted octanol–water partition coefficient (Wildman–Crippen LogP) is 2.29. The minimum absolute atomic E-state index is 0.0125. The molecule has 0 aliphatic rings. The fourth-order valence-corrected chi connectivity index (χ4v) is 2.83. The first kappa shape index (κ1) is 17.4. The summed E-state index contributed by atoms with van der Waals surface area (Å²) >= 11 is 5.90. The van der Waals surface area contributed by atoms with Gasteiger partial charge in [-0.25, -0.2) is 13.4 Å². The van der Waals surface area contributed by atoms with E-state index < -0.39 is 15.8 Å². The Kier molecular flexibility index (Phi) is 5.00. The average molecular weight is 364 g/mol. The summed E-state index contributed by atoms with van der Waals surface area (Å²) in [7, 11) is -4.86. The number of hydrogen-bond acceptors (Lipinski definition) is 4. The summed E-state index contributed by atoms with van der Waals surface area (Å²) in [5.74, 6) is -3.33. The molecule has 0 spiro atoms. The molecule has 0 bridgehead atoms. The van der Waals surface area contributed by atoms with Gasteiger partial charge in [0.2, 0.25) is 0 Å². The zero-order chi connectivity index (χ0) is 17.2. The number of alkyl halides is 2. The third-order valence-corrected chi connectivity index (χ3v) is 4.13. The number of para-hydroxylation sites is 1. The number of H-pyrrole nitrogens is 1. The molecule has 10 heteroatoms. The first-order valence-electron chi connectivity index (χ1n) is 6.33. The molecule has 6 nitrogen and oxygen atoms in total. The summed E-state index contributed by atoms with van der Waals surface area (Å²) in [6.07, 6.45) is 0.0125. The Labute approximate surface area is 135 Å². The van der Waals surface area contributed by atoms with Gasteiger partial charge in [0.15, 0.2) is 0 Å². The first-order valence-corrected chi connectivity index (χ1v) is 8.25. The van der Waals surface area contributed by atoms with Crippen LogP contribution in [-0.4, -0.2) is 24.1 Å². The van der Waals surface area contributed by atoms with E-state index in [1.54, 1.807) is 11.6 Å². The van der Waals surface area contributed by atoms with Crippen molar-refractivity contribution in [3.05, 3.63) is 56.7 Å². The standard InChI is InChI=1S/C13H12ClF2N3O3S/c1-7-5-11(20)18-10(17-7)6-8-3-2-4-9(14)12(8)19-23(21,22)13(15)16/h2-5,13,19H,6H2,1H3,(H,17,18,20). The fourth-order valence-electron chi connectivity index (χ4n) is 1.92. The van der Waals surface area contributed by atoms with Crippen LogP contribution in [0.15, 0.2) is 29.1 Å². The molecule has 0 fully saturated rings. The molecular formula is C13H12ClF2N3O3S. The Morgan fingerprint density at radius 2 is 2.09 bits per heavy atom. The number of nitrogens with zero attached hydrogens (tertiary/aromatic N) is 1. The Bertz CT molecular complexity index is 884. The molecule has 2 rings (SSSR count). The second kappa shape index (κ2) is 6.63. The van der Waals surface area contributed by atoms with Crippen molar-refractivity contribution in [3.8, 4) is 0 Å². The smallest absolute Gasteiger partial charge is 0.310 e. The number of benzene rings is 1. The molecule has 0 aliphatic heterocycles.